The van der Waals surface area contributed by atoms with E-state index in [1.54, 1.807) is 12.3 Å². The molecule has 0 radical (unpaired) electrons. The van der Waals surface area contributed by atoms with Gasteiger partial charge in [0.05, 0.1) is 12.3 Å². The smallest absolute Gasteiger partial charge is 0.140 e. The summed E-state index contributed by atoms with van der Waals surface area (Å²) in [5.74, 6) is 0.832. The van der Waals surface area contributed by atoms with Gasteiger partial charge in [0.15, 0.2) is 0 Å². The van der Waals surface area contributed by atoms with E-state index in [4.69, 9.17) is 4.74 Å². The van der Waals surface area contributed by atoms with Crippen LogP contribution >= 0.6 is 0 Å². The van der Waals surface area contributed by atoms with E-state index in [9.17, 15) is 0 Å². The number of ether oxygens (including phenoxy) is 1. The normalized spacial score (nSPS) is 18.1. The summed E-state index contributed by atoms with van der Waals surface area (Å²) < 4.78 is 5.22. The fourth-order valence-electron chi connectivity index (χ4n) is 0.925. The van der Waals surface area contributed by atoms with Gasteiger partial charge in [-0.15, -0.1) is 0 Å². The van der Waals surface area contributed by atoms with E-state index in [0.29, 0.717) is 0 Å². The van der Waals surface area contributed by atoms with Crippen molar-refractivity contribution in [2.45, 2.75) is 13.3 Å². The largest absolute Gasteiger partial charge is 0.491 e. The van der Waals surface area contributed by atoms with E-state index >= 15 is 0 Å². The van der Waals surface area contributed by atoms with Crippen LogP contribution in [-0.2, 0) is 4.74 Å². The number of rotatable bonds is 2. The maximum Gasteiger partial charge on any atom is 0.140 e. The van der Waals surface area contributed by atoms with E-state index < -0.39 is 0 Å². The standard InChI is InChI=1S/C8H11NO/c1-3-8-7(9-4-2)5-6-10-8/h3-4H,1,5-6H2,2H3. The van der Waals surface area contributed by atoms with Gasteiger partial charge in [0.25, 0.3) is 0 Å². The van der Waals surface area contributed by atoms with Gasteiger partial charge in [0.2, 0.25) is 0 Å². The van der Waals surface area contributed by atoms with Crippen molar-refractivity contribution in [3.8, 4) is 0 Å². The molecular formula is C8H11NO. The first-order chi connectivity index (χ1) is 4.88. The molecule has 1 heterocycles. The zero-order valence-electron chi connectivity index (χ0n) is 6.13. The van der Waals surface area contributed by atoms with Crippen molar-refractivity contribution < 1.29 is 4.74 Å². The van der Waals surface area contributed by atoms with Gasteiger partial charge in [-0.2, -0.15) is 0 Å². The summed E-state index contributed by atoms with van der Waals surface area (Å²) in [5, 5.41) is 0. The molecule has 0 N–H and O–H groups in total. The first-order valence-corrected chi connectivity index (χ1v) is 3.35. The third-order valence-corrected chi connectivity index (χ3v) is 1.35. The molecule has 0 saturated heterocycles. The zero-order chi connectivity index (χ0) is 7.40. The minimum atomic E-state index is 0.744. The Morgan fingerprint density at radius 2 is 2.50 bits per heavy atom. The Kier molecular flexibility index (Phi) is 2.26. The first kappa shape index (κ1) is 7.06. The summed E-state index contributed by atoms with van der Waals surface area (Å²) in [4.78, 5) is 4.13. The Bertz CT molecular complexity index is 191. The molecule has 0 aromatic rings. The second-order valence-corrected chi connectivity index (χ2v) is 2.00. The van der Waals surface area contributed by atoms with Crippen molar-refractivity contribution in [2.75, 3.05) is 6.61 Å². The zero-order valence-corrected chi connectivity index (χ0v) is 6.13. The van der Waals surface area contributed by atoms with E-state index in [1.807, 2.05) is 6.92 Å². The molecule has 2 nitrogen and oxygen atoms in total. The Labute approximate surface area is 60.9 Å². The Morgan fingerprint density at radius 1 is 1.70 bits per heavy atom. The average molecular weight is 137 g/mol. The molecular weight excluding hydrogens is 126 g/mol. The van der Waals surface area contributed by atoms with Crippen LogP contribution in [0.5, 0.6) is 0 Å². The van der Waals surface area contributed by atoms with Gasteiger partial charge in [-0.1, -0.05) is 6.58 Å². The van der Waals surface area contributed by atoms with Gasteiger partial charge in [-0.3, -0.25) is 4.99 Å². The molecule has 0 amide bonds. The van der Waals surface area contributed by atoms with Crippen LogP contribution < -0.4 is 0 Å². The number of nitrogens with zero attached hydrogens (tertiary/aromatic N) is 1. The number of hydrogen-bond donors (Lipinski definition) is 0. The molecule has 0 aliphatic carbocycles. The van der Waals surface area contributed by atoms with Gasteiger partial charge in [0.1, 0.15) is 5.76 Å². The molecule has 1 aliphatic rings. The van der Waals surface area contributed by atoms with Crippen molar-refractivity contribution in [1.29, 1.82) is 0 Å². The molecule has 0 spiro atoms. The predicted octanol–water partition coefficient (Wildman–Crippen LogP) is 1.89. The van der Waals surface area contributed by atoms with Crippen LogP contribution in [0.4, 0.5) is 0 Å². The van der Waals surface area contributed by atoms with E-state index in [2.05, 4.69) is 11.6 Å². The lowest BCUT2D eigenvalue weighted by atomic mass is 10.3. The van der Waals surface area contributed by atoms with Gasteiger partial charge in [-0.05, 0) is 13.0 Å². The van der Waals surface area contributed by atoms with Crippen molar-refractivity contribution >= 4 is 6.21 Å². The Balaban J connectivity index is 2.77. The van der Waals surface area contributed by atoms with Gasteiger partial charge in [-0.25, -0.2) is 0 Å². The summed E-state index contributed by atoms with van der Waals surface area (Å²) in [6.07, 6.45) is 4.38. The number of aliphatic imine (C=N–C) groups is 1. The van der Waals surface area contributed by atoms with E-state index in [1.165, 1.54) is 0 Å². The molecule has 1 rings (SSSR count). The molecule has 2 heteroatoms. The Hall–Kier alpha value is -1.05. The van der Waals surface area contributed by atoms with Gasteiger partial charge < -0.3 is 4.74 Å². The van der Waals surface area contributed by atoms with Crippen molar-refractivity contribution in [2.24, 2.45) is 4.99 Å². The third-order valence-electron chi connectivity index (χ3n) is 1.35. The highest BCUT2D eigenvalue weighted by Gasteiger charge is 2.10. The molecule has 54 valence electrons. The van der Waals surface area contributed by atoms with Gasteiger partial charge >= 0.3 is 0 Å². The quantitative estimate of drug-likeness (QED) is 0.532. The fraction of sp³-hybridized carbons (Fsp3) is 0.375. The summed E-state index contributed by atoms with van der Waals surface area (Å²) >= 11 is 0. The molecule has 1 aliphatic heterocycles. The van der Waals surface area contributed by atoms with Crippen LogP contribution in [0.15, 0.2) is 29.1 Å². The molecule has 0 fully saturated rings. The van der Waals surface area contributed by atoms with Crippen LogP contribution in [0.1, 0.15) is 13.3 Å². The SMILES string of the molecule is C=CC1=C(N=CC)CCO1. The van der Waals surface area contributed by atoms with E-state index in [0.717, 1.165) is 24.5 Å². The lowest BCUT2D eigenvalue weighted by Gasteiger charge is -1.93. The molecule has 10 heavy (non-hydrogen) atoms. The first-order valence-electron chi connectivity index (χ1n) is 3.35. The van der Waals surface area contributed by atoms with E-state index in [-0.39, 0.29) is 0 Å². The lowest BCUT2D eigenvalue weighted by molar-refractivity contribution is 0.257. The minimum Gasteiger partial charge on any atom is -0.491 e. The second kappa shape index (κ2) is 3.20. The third kappa shape index (κ3) is 1.26. The van der Waals surface area contributed by atoms with Crippen LogP contribution in [0, 0.1) is 0 Å². The maximum absolute atomic E-state index is 5.22. The van der Waals surface area contributed by atoms with Crippen LogP contribution in [0.3, 0.4) is 0 Å². The number of hydrogen-bond acceptors (Lipinski definition) is 2. The Morgan fingerprint density at radius 3 is 3.10 bits per heavy atom. The lowest BCUT2D eigenvalue weighted by Crippen LogP contribution is -1.78. The summed E-state index contributed by atoms with van der Waals surface area (Å²) in [6, 6.07) is 0. The second-order valence-electron chi connectivity index (χ2n) is 2.00. The summed E-state index contributed by atoms with van der Waals surface area (Å²) in [6.45, 7) is 6.26. The molecule has 0 saturated carbocycles. The van der Waals surface area contributed by atoms with Crippen LogP contribution in [-0.4, -0.2) is 12.8 Å². The predicted molar refractivity (Wildman–Crippen MR) is 42.0 cm³/mol. The molecule has 0 bridgehead atoms. The minimum absolute atomic E-state index is 0.744. The fourth-order valence-corrected chi connectivity index (χ4v) is 0.925. The monoisotopic (exact) mass is 137 g/mol. The summed E-state index contributed by atoms with van der Waals surface area (Å²) in [7, 11) is 0. The summed E-state index contributed by atoms with van der Waals surface area (Å²) in [5.41, 5.74) is 1.01. The molecule has 0 aromatic heterocycles. The highest BCUT2D eigenvalue weighted by molar-refractivity contribution is 5.55. The van der Waals surface area contributed by atoms with Crippen molar-refractivity contribution in [3.05, 3.63) is 24.1 Å². The van der Waals surface area contributed by atoms with Crippen LogP contribution in [0.25, 0.3) is 0 Å². The topological polar surface area (TPSA) is 21.6 Å². The highest BCUT2D eigenvalue weighted by Crippen LogP contribution is 2.19. The molecule has 0 atom stereocenters. The van der Waals surface area contributed by atoms with Crippen molar-refractivity contribution in [1.82, 2.24) is 0 Å². The number of allylic oxidation sites excluding steroid dienone is 1. The molecule has 0 aromatic carbocycles. The van der Waals surface area contributed by atoms with Gasteiger partial charge in [0, 0.05) is 12.6 Å². The average Bonchev–Trinajstić information content (AvgIpc) is 2.36. The highest BCUT2D eigenvalue weighted by atomic mass is 16.5. The molecule has 0 unspecified atom stereocenters. The van der Waals surface area contributed by atoms with Crippen LogP contribution in [0.2, 0.25) is 0 Å². The maximum atomic E-state index is 5.22. The van der Waals surface area contributed by atoms with Crippen molar-refractivity contribution in [3.63, 3.8) is 0 Å².